The van der Waals surface area contributed by atoms with Crippen LogP contribution in [0.3, 0.4) is 0 Å². The lowest BCUT2D eigenvalue weighted by Crippen LogP contribution is -2.45. The van der Waals surface area contributed by atoms with Crippen molar-refractivity contribution >= 4 is 33.2 Å². The average molecular weight is 448 g/mol. The van der Waals surface area contributed by atoms with Gasteiger partial charge in [0.15, 0.2) is 0 Å². The third kappa shape index (κ3) is 6.53. The fraction of sp³-hybridized carbons (Fsp3) is 0.364. The van der Waals surface area contributed by atoms with Crippen LogP contribution in [0.25, 0.3) is 0 Å². The first-order valence-corrected chi connectivity index (χ1v) is 11.8. The number of rotatable bonds is 10. The number of anilines is 2. The van der Waals surface area contributed by atoms with Crippen molar-refractivity contribution < 1.29 is 22.7 Å². The van der Waals surface area contributed by atoms with E-state index in [-0.39, 0.29) is 11.5 Å². The lowest BCUT2D eigenvalue weighted by Gasteiger charge is -2.28. The molecular formula is C22H29N3O5S. The number of carbonyl (C=O) groups excluding carboxylic acids is 2. The van der Waals surface area contributed by atoms with Gasteiger partial charge in [0.05, 0.1) is 29.8 Å². The average Bonchev–Trinajstić information content (AvgIpc) is 2.73. The predicted octanol–water partition coefficient (Wildman–Crippen LogP) is 2.42. The van der Waals surface area contributed by atoms with Crippen molar-refractivity contribution in [3.8, 4) is 0 Å². The third-order valence-electron chi connectivity index (χ3n) is 4.71. The Hall–Kier alpha value is -2.91. The van der Waals surface area contributed by atoms with Crippen LogP contribution in [-0.2, 0) is 26.0 Å². The van der Waals surface area contributed by atoms with Crippen molar-refractivity contribution in [1.82, 2.24) is 5.32 Å². The van der Waals surface area contributed by atoms with Crippen LogP contribution in [0.5, 0.6) is 0 Å². The number of para-hydroxylation sites is 1. The molecule has 1 atom stereocenters. The topological polar surface area (TPSA) is 105 Å². The summed E-state index contributed by atoms with van der Waals surface area (Å²) < 4.78 is 30.9. The second kappa shape index (κ2) is 10.9. The molecule has 0 heterocycles. The molecule has 31 heavy (non-hydrogen) atoms. The fourth-order valence-corrected chi connectivity index (χ4v) is 4.25. The van der Waals surface area contributed by atoms with Gasteiger partial charge >= 0.3 is 0 Å². The summed E-state index contributed by atoms with van der Waals surface area (Å²) in [5.74, 6) is -0.919. The van der Waals surface area contributed by atoms with Crippen molar-refractivity contribution in [2.75, 3.05) is 36.1 Å². The maximum absolute atomic E-state index is 13.0. The molecule has 0 spiro atoms. The molecule has 2 N–H and O–H groups in total. The number of nitrogens with one attached hydrogen (secondary N) is 2. The van der Waals surface area contributed by atoms with Gasteiger partial charge in [-0.25, -0.2) is 8.42 Å². The molecule has 2 aromatic rings. The molecule has 2 amide bonds. The van der Waals surface area contributed by atoms with Gasteiger partial charge in [0.25, 0.3) is 5.91 Å². The van der Waals surface area contributed by atoms with Crippen LogP contribution in [0.4, 0.5) is 11.4 Å². The summed E-state index contributed by atoms with van der Waals surface area (Å²) in [5, 5.41) is 5.39. The van der Waals surface area contributed by atoms with Crippen molar-refractivity contribution in [3.63, 3.8) is 0 Å². The van der Waals surface area contributed by atoms with Crippen molar-refractivity contribution in [2.45, 2.75) is 26.3 Å². The molecule has 0 aromatic heterocycles. The fourth-order valence-electron chi connectivity index (χ4n) is 3.08. The lowest BCUT2D eigenvalue weighted by atomic mass is 10.1. The van der Waals surface area contributed by atoms with Crippen LogP contribution in [0.1, 0.15) is 29.8 Å². The van der Waals surface area contributed by atoms with E-state index in [0.717, 1.165) is 22.5 Å². The number of sulfonamides is 1. The summed E-state index contributed by atoms with van der Waals surface area (Å²) in [4.78, 5) is 25.4. The lowest BCUT2D eigenvalue weighted by molar-refractivity contribution is -0.116. The van der Waals surface area contributed by atoms with Gasteiger partial charge in [-0.3, -0.25) is 13.9 Å². The number of benzene rings is 2. The number of nitrogens with zero attached hydrogens (tertiary/aromatic N) is 1. The zero-order valence-electron chi connectivity index (χ0n) is 18.2. The number of methoxy groups -OCH3 is 1. The van der Waals surface area contributed by atoms with Crippen molar-refractivity contribution in [2.24, 2.45) is 0 Å². The molecule has 168 valence electrons. The van der Waals surface area contributed by atoms with Crippen molar-refractivity contribution in [1.29, 1.82) is 0 Å². The smallest absolute Gasteiger partial charge is 0.253 e. The highest BCUT2D eigenvalue weighted by Crippen LogP contribution is 2.23. The zero-order chi connectivity index (χ0) is 23.0. The minimum absolute atomic E-state index is 0.275. The van der Waals surface area contributed by atoms with Crippen LogP contribution in [-0.4, -0.2) is 52.8 Å². The molecule has 2 aromatic carbocycles. The van der Waals surface area contributed by atoms with Gasteiger partial charge < -0.3 is 15.4 Å². The number of ether oxygens (including phenoxy) is 1. The van der Waals surface area contributed by atoms with Crippen molar-refractivity contribution in [3.05, 3.63) is 59.7 Å². The molecule has 2 rings (SSSR count). The van der Waals surface area contributed by atoms with Crippen LogP contribution >= 0.6 is 0 Å². The molecule has 0 aliphatic rings. The quantitative estimate of drug-likeness (QED) is 0.544. The van der Waals surface area contributed by atoms with E-state index in [9.17, 15) is 18.0 Å². The first kappa shape index (κ1) is 24.4. The van der Waals surface area contributed by atoms with Gasteiger partial charge in [-0.15, -0.1) is 0 Å². The summed E-state index contributed by atoms with van der Waals surface area (Å²) in [7, 11) is -2.20. The molecule has 0 aliphatic heterocycles. The highest BCUT2D eigenvalue weighted by molar-refractivity contribution is 7.92. The van der Waals surface area contributed by atoms with E-state index in [0.29, 0.717) is 24.5 Å². The predicted molar refractivity (Wildman–Crippen MR) is 122 cm³/mol. The number of hydrogen-bond acceptors (Lipinski definition) is 5. The minimum Gasteiger partial charge on any atom is -0.383 e. The standard InChI is InChI=1S/C22H29N3O5S/c1-5-17-10-12-18(13-11-17)25(31(4,28)29)16(2)21(26)24-20-9-7-6-8-19(20)22(27)23-14-15-30-3/h6-13,16H,5,14-15H2,1-4H3,(H,23,27)(H,24,26)/t16-/m1/s1. The van der Waals surface area contributed by atoms with Gasteiger partial charge in [0.1, 0.15) is 6.04 Å². The molecular weight excluding hydrogens is 418 g/mol. The van der Waals surface area contributed by atoms with Crippen LogP contribution in [0.2, 0.25) is 0 Å². The highest BCUT2D eigenvalue weighted by Gasteiger charge is 2.29. The molecule has 9 heteroatoms. The summed E-state index contributed by atoms with van der Waals surface area (Å²) >= 11 is 0. The van der Waals surface area contributed by atoms with Crippen LogP contribution in [0.15, 0.2) is 48.5 Å². The van der Waals surface area contributed by atoms with E-state index in [2.05, 4.69) is 10.6 Å². The Morgan fingerprint density at radius 2 is 1.74 bits per heavy atom. The molecule has 0 bridgehead atoms. The van der Waals surface area contributed by atoms with Crippen LogP contribution in [0, 0.1) is 0 Å². The molecule has 0 saturated carbocycles. The number of carbonyl (C=O) groups is 2. The molecule has 0 aliphatic carbocycles. The van der Waals surface area contributed by atoms with Gasteiger partial charge in [0, 0.05) is 13.7 Å². The summed E-state index contributed by atoms with van der Waals surface area (Å²) in [6.45, 7) is 4.19. The largest absolute Gasteiger partial charge is 0.383 e. The third-order valence-corrected chi connectivity index (χ3v) is 5.95. The molecule has 0 unspecified atom stereocenters. The van der Waals surface area contributed by atoms with Gasteiger partial charge in [-0.05, 0) is 43.2 Å². The Morgan fingerprint density at radius 3 is 2.32 bits per heavy atom. The van der Waals surface area contributed by atoms with Gasteiger partial charge in [-0.1, -0.05) is 31.2 Å². The summed E-state index contributed by atoms with van der Waals surface area (Å²) in [6, 6.07) is 12.5. The Kier molecular flexibility index (Phi) is 8.58. The SMILES string of the molecule is CCc1ccc(N([C@H](C)C(=O)Nc2ccccc2C(=O)NCCOC)S(C)(=O)=O)cc1. The zero-order valence-corrected chi connectivity index (χ0v) is 19.0. The Labute approximate surface area is 183 Å². The van der Waals surface area contributed by atoms with E-state index in [4.69, 9.17) is 4.74 Å². The molecule has 0 fully saturated rings. The van der Waals surface area contributed by atoms with Gasteiger partial charge in [-0.2, -0.15) is 0 Å². The maximum atomic E-state index is 13.0. The Balaban J connectivity index is 2.26. The Morgan fingerprint density at radius 1 is 1.10 bits per heavy atom. The maximum Gasteiger partial charge on any atom is 0.253 e. The van der Waals surface area contributed by atoms with Crippen LogP contribution < -0.4 is 14.9 Å². The van der Waals surface area contributed by atoms with E-state index in [1.54, 1.807) is 36.4 Å². The van der Waals surface area contributed by atoms with E-state index in [1.165, 1.54) is 14.0 Å². The number of aryl methyl sites for hydroxylation is 1. The minimum atomic E-state index is -3.74. The second-order valence-electron chi connectivity index (χ2n) is 7.04. The van der Waals surface area contributed by atoms with E-state index in [1.807, 2.05) is 19.1 Å². The normalized spacial score (nSPS) is 12.1. The molecule has 0 radical (unpaired) electrons. The summed E-state index contributed by atoms with van der Waals surface area (Å²) in [6.07, 6.45) is 1.88. The van der Waals surface area contributed by atoms with E-state index < -0.39 is 22.0 Å². The summed E-state index contributed by atoms with van der Waals surface area (Å²) in [5.41, 5.74) is 2.03. The molecule has 0 saturated heterocycles. The second-order valence-corrected chi connectivity index (χ2v) is 8.90. The number of amides is 2. The number of hydrogen-bond donors (Lipinski definition) is 2. The first-order chi connectivity index (χ1) is 14.7. The molecule has 8 nitrogen and oxygen atoms in total. The monoisotopic (exact) mass is 447 g/mol. The first-order valence-electron chi connectivity index (χ1n) is 9.94. The van der Waals surface area contributed by atoms with Gasteiger partial charge in [0.2, 0.25) is 15.9 Å². The highest BCUT2D eigenvalue weighted by atomic mass is 32.2. The Bertz CT molecular complexity index is 1010. The van der Waals surface area contributed by atoms with E-state index >= 15 is 0 Å².